The van der Waals surface area contributed by atoms with E-state index in [1.165, 1.54) is 0 Å². The number of hydrogen-bond donors (Lipinski definition) is 2. The van der Waals surface area contributed by atoms with Gasteiger partial charge in [0.15, 0.2) is 0 Å². The highest BCUT2D eigenvalue weighted by atomic mass is 35.5. The zero-order valence-corrected chi connectivity index (χ0v) is 18.6. The van der Waals surface area contributed by atoms with Crippen LogP contribution >= 0.6 is 23.2 Å². The molecule has 1 unspecified atom stereocenters. The van der Waals surface area contributed by atoms with Crippen LogP contribution in [0.1, 0.15) is 28.3 Å². The molecule has 0 amide bonds. The van der Waals surface area contributed by atoms with Crippen molar-refractivity contribution in [2.24, 2.45) is 0 Å². The second-order valence-corrected chi connectivity index (χ2v) is 8.43. The highest BCUT2D eigenvalue weighted by molar-refractivity contribution is 6.42. The molecule has 0 aliphatic rings. The Labute approximate surface area is 193 Å². The van der Waals surface area contributed by atoms with Crippen LogP contribution in [-0.4, -0.2) is 5.11 Å². The first kappa shape index (κ1) is 21.5. The number of nitrogens with one attached hydrogen (secondary N) is 1. The van der Waals surface area contributed by atoms with Crippen LogP contribution in [0.4, 0.5) is 5.69 Å². The van der Waals surface area contributed by atoms with Crippen LogP contribution in [0.3, 0.4) is 0 Å². The third-order valence-electron chi connectivity index (χ3n) is 5.49. The van der Waals surface area contributed by atoms with Crippen molar-refractivity contribution in [2.75, 3.05) is 5.32 Å². The van der Waals surface area contributed by atoms with Gasteiger partial charge >= 0.3 is 0 Å². The highest BCUT2D eigenvalue weighted by Crippen LogP contribution is 2.43. The maximum absolute atomic E-state index is 12.4. The van der Waals surface area contributed by atoms with Gasteiger partial charge in [-0.05, 0) is 41.8 Å². The van der Waals surface area contributed by atoms with Crippen molar-refractivity contribution in [1.82, 2.24) is 0 Å². The molecule has 0 fully saturated rings. The van der Waals surface area contributed by atoms with Gasteiger partial charge in [-0.15, -0.1) is 0 Å². The quantitative estimate of drug-likeness (QED) is 0.322. The summed E-state index contributed by atoms with van der Waals surface area (Å²) in [4.78, 5) is 0. The number of halogens is 2. The van der Waals surface area contributed by atoms with Crippen LogP contribution in [-0.2, 0) is 5.60 Å². The van der Waals surface area contributed by atoms with Crippen LogP contribution in [0, 0.1) is 6.92 Å². The fraction of sp³-hybridized carbons (Fsp3) is 0.111. The van der Waals surface area contributed by atoms with E-state index in [-0.39, 0.29) is 0 Å². The molecule has 0 heterocycles. The summed E-state index contributed by atoms with van der Waals surface area (Å²) in [5, 5.41) is 16.9. The van der Waals surface area contributed by atoms with E-state index in [4.69, 9.17) is 23.2 Å². The van der Waals surface area contributed by atoms with E-state index in [1.807, 2.05) is 85.8 Å². The van der Waals surface area contributed by atoms with E-state index in [0.29, 0.717) is 10.0 Å². The molecular weight excluding hydrogens is 425 g/mol. The summed E-state index contributed by atoms with van der Waals surface area (Å²) in [6, 6.07) is 32.5. The van der Waals surface area contributed by atoms with Crippen LogP contribution < -0.4 is 5.32 Å². The molecule has 0 radical (unpaired) electrons. The summed E-state index contributed by atoms with van der Waals surface area (Å²) in [5.41, 5.74) is 3.11. The predicted octanol–water partition coefficient (Wildman–Crippen LogP) is 7.39. The minimum atomic E-state index is -1.34. The van der Waals surface area contributed by atoms with Gasteiger partial charge in [0.25, 0.3) is 0 Å². The molecule has 0 aromatic heterocycles. The van der Waals surface area contributed by atoms with Gasteiger partial charge in [0.05, 0.1) is 16.1 Å². The molecule has 0 saturated carbocycles. The molecule has 1 atom stereocenters. The molecule has 4 heteroatoms. The van der Waals surface area contributed by atoms with E-state index in [0.717, 1.165) is 27.9 Å². The van der Waals surface area contributed by atoms with Gasteiger partial charge in [-0.2, -0.15) is 0 Å². The molecule has 4 aromatic rings. The average molecular weight is 448 g/mol. The van der Waals surface area contributed by atoms with E-state index >= 15 is 0 Å². The van der Waals surface area contributed by atoms with Crippen LogP contribution in [0.5, 0.6) is 0 Å². The standard InChI is InChI=1S/C27H23Cl2NO/c1-19-12-14-20(15-13-19)26(30-23-16-17-24(28)25(29)18-23)27(31,21-8-4-2-5-9-21)22-10-6-3-7-11-22/h2-18,26,30-31H,1H3. The van der Waals surface area contributed by atoms with Gasteiger partial charge in [0.1, 0.15) is 5.60 Å². The molecular formula is C27H23Cl2NO. The van der Waals surface area contributed by atoms with Crippen molar-refractivity contribution in [2.45, 2.75) is 18.6 Å². The normalized spacial score (nSPS) is 12.4. The van der Waals surface area contributed by atoms with Gasteiger partial charge in [0, 0.05) is 5.69 Å². The Morgan fingerprint density at radius 1 is 0.710 bits per heavy atom. The molecule has 0 aliphatic heterocycles. The first-order valence-electron chi connectivity index (χ1n) is 10.1. The van der Waals surface area contributed by atoms with Crippen molar-refractivity contribution in [3.8, 4) is 0 Å². The van der Waals surface area contributed by atoms with Crippen LogP contribution in [0.15, 0.2) is 103 Å². The Bertz CT molecular complexity index is 1110. The number of aryl methyl sites for hydroxylation is 1. The average Bonchev–Trinajstić information content (AvgIpc) is 2.81. The first-order valence-corrected chi connectivity index (χ1v) is 10.9. The second-order valence-electron chi connectivity index (χ2n) is 7.62. The van der Waals surface area contributed by atoms with Crippen LogP contribution in [0.2, 0.25) is 10.0 Å². The van der Waals surface area contributed by atoms with E-state index in [2.05, 4.69) is 17.4 Å². The van der Waals surface area contributed by atoms with Crippen LogP contribution in [0.25, 0.3) is 0 Å². The Hall–Kier alpha value is -2.78. The van der Waals surface area contributed by atoms with E-state index in [1.54, 1.807) is 12.1 Å². The lowest BCUT2D eigenvalue weighted by atomic mass is 9.77. The lowest BCUT2D eigenvalue weighted by Crippen LogP contribution is -2.39. The smallest absolute Gasteiger partial charge is 0.139 e. The van der Waals surface area contributed by atoms with Gasteiger partial charge < -0.3 is 10.4 Å². The zero-order chi connectivity index (χ0) is 21.8. The van der Waals surface area contributed by atoms with E-state index < -0.39 is 11.6 Å². The van der Waals surface area contributed by atoms with Crippen molar-refractivity contribution >= 4 is 28.9 Å². The molecule has 156 valence electrons. The summed E-state index contributed by atoms with van der Waals surface area (Å²) in [7, 11) is 0. The summed E-state index contributed by atoms with van der Waals surface area (Å²) in [6.07, 6.45) is 0. The molecule has 2 nitrogen and oxygen atoms in total. The topological polar surface area (TPSA) is 32.3 Å². The van der Waals surface area contributed by atoms with E-state index in [9.17, 15) is 5.11 Å². The van der Waals surface area contributed by atoms with Gasteiger partial charge in [-0.25, -0.2) is 0 Å². The fourth-order valence-electron chi connectivity index (χ4n) is 3.82. The van der Waals surface area contributed by atoms with Crippen molar-refractivity contribution in [3.05, 3.63) is 135 Å². The molecule has 0 spiro atoms. The Morgan fingerprint density at radius 3 is 1.77 bits per heavy atom. The summed E-state index contributed by atoms with van der Waals surface area (Å²) >= 11 is 12.4. The summed E-state index contributed by atoms with van der Waals surface area (Å²) in [6.45, 7) is 2.05. The first-order chi connectivity index (χ1) is 15.0. The largest absolute Gasteiger partial charge is 0.378 e. The lowest BCUT2D eigenvalue weighted by Gasteiger charge is -2.39. The van der Waals surface area contributed by atoms with Crippen molar-refractivity contribution in [1.29, 1.82) is 0 Å². The number of rotatable bonds is 6. The zero-order valence-electron chi connectivity index (χ0n) is 17.1. The van der Waals surface area contributed by atoms with Gasteiger partial charge in [-0.3, -0.25) is 0 Å². The maximum Gasteiger partial charge on any atom is 0.139 e. The molecule has 0 bridgehead atoms. The van der Waals surface area contributed by atoms with Gasteiger partial charge in [-0.1, -0.05) is 114 Å². The van der Waals surface area contributed by atoms with Crippen molar-refractivity contribution in [3.63, 3.8) is 0 Å². The SMILES string of the molecule is Cc1ccc(C(Nc2ccc(Cl)c(Cl)c2)C(O)(c2ccccc2)c2ccccc2)cc1. The van der Waals surface area contributed by atoms with Crippen molar-refractivity contribution < 1.29 is 5.11 Å². The predicted molar refractivity (Wildman–Crippen MR) is 130 cm³/mol. The van der Waals surface area contributed by atoms with Gasteiger partial charge in [0.2, 0.25) is 0 Å². The molecule has 4 rings (SSSR count). The Kier molecular flexibility index (Phi) is 6.33. The number of hydrogen-bond acceptors (Lipinski definition) is 2. The number of anilines is 1. The fourth-order valence-corrected chi connectivity index (χ4v) is 4.12. The molecule has 0 aliphatic carbocycles. The minimum absolute atomic E-state index is 0.456. The number of aliphatic hydroxyl groups is 1. The molecule has 2 N–H and O–H groups in total. The molecule has 31 heavy (non-hydrogen) atoms. The third kappa shape index (κ3) is 4.47. The maximum atomic E-state index is 12.4. The summed E-state index contributed by atoms with van der Waals surface area (Å²) in [5.74, 6) is 0. The minimum Gasteiger partial charge on any atom is -0.378 e. The number of benzene rings is 4. The lowest BCUT2D eigenvalue weighted by molar-refractivity contribution is 0.0585. The second kappa shape index (κ2) is 9.15. The Balaban J connectivity index is 1.91. The third-order valence-corrected chi connectivity index (χ3v) is 6.23. The molecule has 0 saturated heterocycles. The molecule has 4 aromatic carbocycles. The Morgan fingerprint density at radius 2 is 1.26 bits per heavy atom. The summed E-state index contributed by atoms with van der Waals surface area (Å²) < 4.78 is 0. The monoisotopic (exact) mass is 447 g/mol. The highest BCUT2D eigenvalue weighted by Gasteiger charge is 2.41.